The monoisotopic (exact) mass is 625 g/mol. The SMILES string of the molecule is CCN1C2=C(C(=O)CC(C)(C)C2)C(c2cc(Cl)c(OCc3ccc(Br)cc3)c(OC)c2)C2=C1CC(C)(C)CC2=O. The molecular weight excluding hydrogens is 590 g/mol. The lowest BCUT2D eigenvalue weighted by Crippen LogP contribution is -2.44. The molecule has 5 nitrogen and oxygen atoms in total. The summed E-state index contributed by atoms with van der Waals surface area (Å²) in [4.78, 5) is 30.0. The van der Waals surface area contributed by atoms with Crippen molar-refractivity contribution < 1.29 is 19.1 Å². The minimum Gasteiger partial charge on any atom is -0.493 e. The zero-order valence-corrected chi connectivity index (χ0v) is 26.5. The molecule has 0 saturated carbocycles. The number of hydrogen-bond donors (Lipinski definition) is 0. The number of allylic oxidation sites excluding steroid dienone is 4. The highest BCUT2D eigenvalue weighted by molar-refractivity contribution is 9.10. The quantitative estimate of drug-likeness (QED) is 0.322. The number of Topliss-reactive ketones (excluding diaryl/α,β-unsaturated/α-hetero) is 2. The largest absolute Gasteiger partial charge is 0.493 e. The first-order valence-corrected chi connectivity index (χ1v) is 15.1. The van der Waals surface area contributed by atoms with E-state index >= 15 is 0 Å². The van der Waals surface area contributed by atoms with E-state index in [4.69, 9.17) is 21.1 Å². The lowest BCUT2D eigenvalue weighted by Gasteiger charge is -2.49. The first-order chi connectivity index (χ1) is 18.8. The van der Waals surface area contributed by atoms with Crippen molar-refractivity contribution in [1.29, 1.82) is 0 Å². The van der Waals surface area contributed by atoms with Gasteiger partial charge in [-0.3, -0.25) is 9.59 Å². The van der Waals surface area contributed by atoms with Gasteiger partial charge >= 0.3 is 0 Å². The zero-order valence-electron chi connectivity index (χ0n) is 24.1. The van der Waals surface area contributed by atoms with Gasteiger partial charge in [0.05, 0.1) is 12.1 Å². The van der Waals surface area contributed by atoms with Crippen molar-refractivity contribution >= 4 is 39.1 Å². The molecule has 2 aliphatic carbocycles. The van der Waals surface area contributed by atoms with E-state index in [9.17, 15) is 9.59 Å². The number of nitrogens with zero attached hydrogens (tertiary/aromatic N) is 1. The molecule has 1 heterocycles. The van der Waals surface area contributed by atoms with Crippen molar-refractivity contribution in [2.45, 2.75) is 72.8 Å². The molecule has 0 unspecified atom stereocenters. The van der Waals surface area contributed by atoms with Gasteiger partial charge in [-0.15, -0.1) is 0 Å². The van der Waals surface area contributed by atoms with E-state index in [0.717, 1.165) is 51.0 Å². The van der Waals surface area contributed by atoms with Crippen LogP contribution in [0.3, 0.4) is 0 Å². The molecule has 40 heavy (non-hydrogen) atoms. The zero-order chi connectivity index (χ0) is 29.0. The predicted molar refractivity (Wildman–Crippen MR) is 162 cm³/mol. The van der Waals surface area contributed by atoms with Crippen molar-refractivity contribution in [3.8, 4) is 11.5 Å². The van der Waals surface area contributed by atoms with Gasteiger partial charge in [-0.25, -0.2) is 0 Å². The number of hydrogen-bond acceptors (Lipinski definition) is 5. The molecule has 7 heteroatoms. The van der Waals surface area contributed by atoms with Gasteiger partial charge in [0.25, 0.3) is 0 Å². The summed E-state index contributed by atoms with van der Waals surface area (Å²) >= 11 is 10.3. The third-order valence-electron chi connectivity index (χ3n) is 8.22. The van der Waals surface area contributed by atoms with Crippen molar-refractivity contribution in [2.75, 3.05) is 13.7 Å². The minimum absolute atomic E-state index is 0.101. The summed E-state index contributed by atoms with van der Waals surface area (Å²) < 4.78 is 12.9. The molecule has 0 spiro atoms. The van der Waals surface area contributed by atoms with Crippen molar-refractivity contribution in [3.05, 3.63) is 79.6 Å². The molecule has 0 saturated heterocycles. The van der Waals surface area contributed by atoms with Gasteiger partial charge in [-0.2, -0.15) is 0 Å². The molecule has 212 valence electrons. The number of ether oxygens (including phenoxy) is 2. The molecule has 0 radical (unpaired) electrons. The molecule has 0 amide bonds. The second-order valence-electron chi connectivity index (χ2n) is 12.7. The van der Waals surface area contributed by atoms with Crippen LogP contribution in [0.15, 0.2) is 63.4 Å². The van der Waals surface area contributed by atoms with E-state index in [1.54, 1.807) is 7.11 Å². The van der Waals surface area contributed by atoms with Gasteiger partial charge in [-0.1, -0.05) is 67.4 Å². The summed E-state index contributed by atoms with van der Waals surface area (Å²) in [6.45, 7) is 11.7. The van der Waals surface area contributed by atoms with Gasteiger partial charge in [-0.05, 0) is 66.0 Å². The van der Waals surface area contributed by atoms with Crippen LogP contribution in [0.2, 0.25) is 5.02 Å². The highest BCUT2D eigenvalue weighted by Crippen LogP contribution is 2.55. The standard InChI is InChI=1S/C33H37BrClNO4/c1-7-36-23-14-32(2,3)16-25(37)29(23)28(30-24(36)15-33(4,5)17-26(30)38)20-12-22(35)31(27(13-20)39-6)40-18-19-8-10-21(34)11-9-19/h8-13,28H,7,14-18H2,1-6H3. The Hall–Kier alpha value is -2.57. The van der Waals surface area contributed by atoms with E-state index in [-0.39, 0.29) is 22.4 Å². The summed E-state index contributed by atoms with van der Waals surface area (Å²) in [7, 11) is 1.58. The lowest BCUT2D eigenvalue weighted by atomic mass is 9.63. The fourth-order valence-electron chi connectivity index (χ4n) is 6.55. The van der Waals surface area contributed by atoms with Crippen LogP contribution in [0, 0.1) is 10.8 Å². The first-order valence-electron chi connectivity index (χ1n) is 13.9. The summed E-state index contributed by atoms with van der Waals surface area (Å²) in [6, 6.07) is 11.6. The fourth-order valence-corrected chi connectivity index (χ4v) is 7.08. The Bertz CT molecular complexity index is 1380. The molecule has 3 aliphatic rings. The number of methoxy groups -OCH3 is 1. The Labute approximate surface area is 250 Å². The van der Waals surface area contributed by atoms with Crippen molar-refractivity contribution in [1.82, 2.24) is 4.90 Å². The summed E-state index contributed by atoms with van der Waals surface area (Å²) in [5, 5.41) is 0.390. The molecule has 2 aromatic rings. The molecule has 0 aromatic heterocycles. The van der Waals surface area contributed by atoms with Crippen LogP contribution >= 0.6 is 27.5 Å². The number of halogens is 2. The van der Waals surface area contributed by atoms with Crippen LogP contribution in [0.4, 0.5) is 0 Å². The Morgan fingerprint density at radius 2 is 1.48 bits per heavy atom. The topological polar surface area (TPSA) is 55.8 Å². The van der Waals surface area contributed by atoms with Crippen molar-refractivity contribution in [3.63, 3.8) is 0 Å². The van der Waals surface area contributed by atoms with Crippen LogP contribution in [0.25, 0.3) is 0 Å². The van der Waals surface area contributed by atoms with Gasteiger partial charge in [0, 0.05) is 52.3 Å². The molecule has 2 aromatic carbocycles. The van der Waals surface area contributed by atoms with Gasteiger partial charge in [0.15, 0.2) is 23.1 Å². The number of rotatable bonds is 6. The average Bonchev–Trinajstić information content (AvgIpc) is 2.86. The first kappa shape index (κ1) is 28.9. The third-order valence-corrected chi connectivity index (χ3v) is 9.03. The van der Waals surface area contributed by atoms with Crippen LogP contribution in [0.5, 0.6) is 11.5 Å². The highest BCUT2D eigenvalue weighted by Gasteiger charge is 2.48. The maximum Gasteiger partial charge on any atom is 0.180 e. The van der Waals surface area contributed by atoms with Crippen LogP contribution < -0.4 is 9.47 Å². The van der Waals surface area contributed by atoms with Crippen molar-refractivity contribution in [2.24, 2.45) is 10.8 Å². The number of ketones is 2. The maximum atomic E-state index is 13.9. The highest BCUT2D eigenvalue weighted by atomic mass is 79.9. The summed E-state index contributed by atoms with van der Waals surface area (Å²) in [6.07, 6.45) is 2.45. The van der Waals surface area contributed by atoms with Crippen LogP contribution in [0.1, 0.15) is 77.3 Å². The van der Waals surface area contributed by atoms with E-state index < -0.39 is 5.92 Å². The van der Waals surface area contributed by atoms with E-state index in [1.165, 1.54) is 0 Å². The van der Waals surface area contributed by atoms with E-state index in [1.807, 2.05) is 36.4 Å². The predicted octanol–water partition coefficient (Wildman–Crippen LogP) is 8.40. The Balaban J connectivity index is 1.64. The van der Waals surface area contributed by atoms with Gasteiger partial charge < -0.3 is 14.4 Å². The Morgan fingerprint density at radius 1 is 0.925 bits per heavy atom. The molecular formula is C33H37BrClNO4. The average molecular weight is 627 g/mol. The van der Waals surface area contributed by atoms with Gasteiger partial charge in [0.2, 0.25) is 0 Å². The number of benzene rings is 2. The summed E-state index contributed by atoms with van der Waals surface area (Å²) in [5.74, 6) is 0.646. The van der Waals surface area contributed by atoms with Gasteiger partial charge in [0.1, 0.15) is 6.61 Å². The van der Waals surface area contributed by atoms with E-state index in [2.05, 4.69) is 55.4 Å². The fraction of sp³-hybridized carbons (Fsp3) is 0.455. The second kappa shape index (κ2) is 10.7. The molecule has 0 N–H and O–H groups in total. The molecule has 5 rings (SSSR count). The molecule has 0 bridgehead atoms. The maximum absolute atomic E-state index is 13.9. The van der Waals surface area contributed by atoms with Crippen LogP contribution in [-0.4, -0.2) is 30.1 Å². The summed E-state index contributed by atoms with van der Waals surface area (Å²) in [5.41, 5.74) is 5.03. The Morgan fingerprint density at radius 3 is 1.98 bits per heavy atom. The lowest BCUT2D eigenvalue weighted by molar-refractivity contribution is -0.119. The third kappa shape index (κ3) is 5.37. The molecule has 0 atom stereocenters. The minimum atomic E-state index is -0.480. The van der Waals surface area contributed by atoms with Crippen LogP contribution in [-0.2, 0) is 16.2 Å². The second-order valence-corrected chi connectivity index (χ2v) is 14.1. The number of carbonyl (C=O) groups is 2. The Kier molecular flexibility index (Phi) is 7.73. The van der Waals surface area contributed by atoms with E-state index in [0.29, 0.717) is 42.5 Å². The smallest absolute Gasteiger partial charge is 0.180 e. The number of carbonyl (C=O) groups excluding carboxylic acids is 2. The normalized spacial score (nSPS) is 20.4. The molecule has 0 fully saturated rings. The molecule has 1 aliphatic heterocycles.